The van der Waals surface area contributed by atoms with Crippen LogP contribution in [0.4, 0.5) is 8.78 Å². The van der Waals surface area contributed by atoms with Gasteiger partial charge in [-0.2, -0.15) is 0 Å². The lowest BCUT2D eigenvalue weighted by molar-refractivity contribution is -0.149. The van der Waals surface area contributed by atoms with Crippen molar-refractivity contribution in [2.24, 2.45) is 11.7 Å². The smallest absolute Gasteiger partial charge is 0.326 e. The van der Waals surface area contributed by atoms with Crippen molar-refractivity contribution < 1.29 is 37.9 Å². The van der Waals surface area contributed by atoms with Crippen molar-refractivity contribution in [3.63, 3.8) is 0 Å². The van der Waals surface area contributed by atoms with Crippen molar-refractivity contribution in [2.45, 2.75) is 64.0 Å². The molecular formula is C19H30F2N4O6. The summed E-state index contributed by atoms with van der Waals surface area (Å²) in [5.41, 5.74) is 5.40. The van der Waals surface area contributed by atoms with Crippen LogP contribution < -0.4 is 16.4 Å². The van der Waals surface area contributed by atoms with E-state index in [0.717, 1.165) is 4.90 Å². The number of hydrogen-bond donors (Lipinski definition) is 4. The summed E-state index contributed by atoms with van der Waals surface area (Å²) in [6, 6.07) is -2.03. The number of nitrogens with one attached hydrogen (secondary N) is 2. The number of likely N-dealkylation sites (tertiary alicyclic amines) is 1. The molecule has 31 heavy (non-hydrogen) atoms. The Labute approximate surface area is 178 Å². The van der Waals surface area contributed by atoms with Crippen LogP contribution in [0.5, 0.6) is 0 Å². The highest BCUT2D eigenvalue weighted by Crippen LogP contribution is 2.23. The number of amides is 3. The van der Waals surface area contributed by atoms with Crippen molar-refractivity contribution in [3.8, 4) is 0 Å². The van der Waals surface area contributed by atoms with E-state index < -0.39 is 66.9 Å². The highest BCUT2D eigenvalue weighted by Gasteiger charge is 2.38. The van der Waals surface area contributed by atoms with Crippen LogP contribution in [0.15, 0.2) is 0 Å². The van der Waals surface area contributed by atoms with Crippen molar-refractivity contribution in [1.82, 2.24) is 15.5 Å². The number of unbranched alkanes of at least 4 members (excludes halogenated alkanes) is 1. The fourth-order valence-corrected chi connectivity index (χ4v) is 3.41. The second-order valence-electron chi connectivity index (χ2n) is 7.45. The van der Waals surface area contributed by atoms with Gasteiger partial charge in [-0.1, -0.05) is 0 Å². The molecule has 12 heteroatoms. The molecule has 3 amide bonds. The minimum Gasteiger partial charge on any atom is -0.480 e. The van der Waals surface area contributed by atoms with Crippen LogP contribution in [0.25, 0.3) is 0 Å². The van der Waals surface area contributed by atoms with Crippen molar-refractivity contribution in [2.75, 3.05) is 19.6 Å². The number of carboxylic acids is 1. The van der Waals surface area contributed by atoms with Gasteiger partial charge in [-0.3, -0.25) is 19.2 Å². The largest absolute Gasteiger partial charge is 0.480 e. The number of carbonyl (C=O) groups is 5. The molecule has 1 rings (SSSR count). The molecule has 176 valence electrons. The molecule has 0 aromatic carbocycles. The van der Waals surface area contributed by atoms with E-state index in [-0.39, 0.29) is 19.4 Å². The molecule has 1 aliphatic rings. The van der Waals surface area contributed by atoms with Gasteiger partial charge >= 0.3 is 5.97 Å². The van der Waals surface area contributed by atoms with Gasteiger partial charge in [-0.25, -0.2) is 13.6 Å². The molecule has 1 fully saturated rings. The number of carbonyl (C=O) groups excluding carboxylic acids is 4. The maximum Gasteiger partial charge on any atom is 0.326 e. The first-order chi connectivity index (χ1) is 14.6. The molecule has 0 aromatic heterocycles. The molecule has 0 saturated carbocycles. The Bertz CT molecular complexity index is 676. The van der Waals surface area contributed by atoms with Crippen molar-refractivity contribution in [1.29, 1.82) is 0 Å². The van der Waals surface area contributed by atoms with Crippen LogP contribution in [0, 0.1) is 5.92 Å². The second kappa shape index (κ2) is 12.9. The van der Waals surface area contributed by atoms with E-state index in [2.05, 4.69) is 10.6 Å². The summed E-state index contributed by atoms with van der Waals surface area (Å²) < 4.78 is 26.8. The van der Waals surface area contributed by atoms with E-state index in [1.165, 1.54) is 6.92 Å². The van der Waals surface area contributed by atoms with Gasteiger partial charge in [0.15, 0.2) is 5.78 Å². The number of alkyl halides is 2. The van der Waals surface area contributed by atoms with Crippen LogP contribution in [0.1, 0.15) is 45.4 Å². The molecule has 2 unspecified atom stereocenters. The van der Waals surface area contributed by atoms with Crippen LogP contribution in [-0.2, 0) is 24.0 Å². The Morgan fingerprint density at radius 2 is 1.87 bits per heavy atom. The summed E-state index contributed by atoms with van der Waals surface area (Å²) in [6.07, 6.45) is -1.93. The first-order valence-corrected chi connectivity index (χ1v) is 10.2. The molecule has 1 heterocycles. The van der Waals surface area contributed by atoms with E-state index in [4.69, 9.17) is 10.8 Å². The molecule has 1 aliphatic heterocycles. The fraction of sp³-hybridized carbons (Fsp3) is 0.737. The summed E-state index contributed by atoms with van der Waals surface area (Å²) in [6.45, 7) is 1.00. The fourth-order valence-electron chi connectivity index (χ4n) is 3.41. The average Bonchev–Trinajstić information content (AvgIpc) is 3.19. The molecule has 0 bridgehead atoms. The van der Waals surface area contributed by atoms with Gasteiger partial charge in [-0.15, -0.1) is 0 Å². The lowest BCUT2D eigenvalue weighted by Gasteiger charge is -2.24. The van der Waals surface area contributed by atoms with Crippen LogP contribution >= 0.6 is 0 Å². The molecular weight excluding hydrogens is 418 g/mol. The molecule has 0 aliphatic carbocycles. The Kier molecular flexibility index (Phi) is 11.0. The third-order valence-electron chi connectivity index (χ3n) is 5.05. The van der Waals surface area contributed by atoms with E-state index in [0.29, 0.717) is 25.8 Å². The number of hydrogen-bond acceptors (Lipinski definition) is 6. The summed E-state index contributed by atoms with van der Waals surface area (Å²) >= 11 is 0. The summed E-state index contributed by atoms with van der Waals surface area (Å²) in [5.74, 6) is -6.26. The van der Waals surface area contributed by atoms with Crippen molar-refractivity contribution in [3.05, 3.63) is 0 Å². The zero-order valence-corrected chi connectivity index (χ0v) is 17.4. The number of rotatable bonds is 13. The predicted octanol–water partition coefficient (Wildman–Crippen LogP) is -0.348. The number of nitrogens with two attached hydrogens (primary N) is 1. The van der Waals surface area contributed by atoms with E-state index in [1.54, 1.807) is 0 Å². The number of aliphatic carboxylic acids is 1. The third-order valence-corrected chi connectivity index (χ3v) is 5.05. The van der Waals surface area contributed by atoms with Crippen LogP contribution in [0.3, 0.4) is 0 Å². The van der Waals surface area contributed by atoms with E-state index >= 15 is 0 Å². The van der Waals surface area contributed by atoms with Gasteiger partial charge in [-0.05, 0) is 38.6 Å². The molecule has 1 saturated heterocycles. The Morgan fingerprint density at radius 3 is 2.42 bits per heavy atom. The number of Topliss-reactive ketones (excluding diaryl/α,β-unsaturated/α-hetero) is 1. The molecule has 5 N–H and O–H groups in total. The molecule has 3 atom stereocenters. The van der Waals surface area contributed by atoms with Gasteiger partial charge < -0.3 is 26.4 Å². The van der Waals surface area contributed by atoms with Gasteiger partial charge in [0, 0.05) is 19.9 Å². The summed E-state index contributed by atoms with van der Waals surface area (Å²) in [5, 5.41) is 13.8. The van der Waals surface area contributed by atoms with Crippen molar-refractivity contribution >= 4 is 29.5 Å². The van der Waals surface area contributed by atoms with Crippen LogP contribution in [0.2, 0.25) is 0 Å². The minimum absolute atomic E-state index is 0.123. The average molecular weight is 448 g/mol. The quantitative estimate of drug-likeness (QED) is 0.280. The summed E-state index contributed by atoms with van der Waals surface area (Å²) in [4.78, 5) is 60.3. The third kappa shape index (κ3) is 8.56. The standard InChI is InChI=1S/C19H30F2N4O6/c1-11(26)24-13(5-2-3-7-22)18(29)23-10-15(27)12(17(20)21)9-16(28)25-8-4-6-14(25)19(30)31/h12-14,17H,2-10,22H2,1H3,(H,23,29)(H,24,26)(H,30,31)/t12?,13?,14-/m0/s1. The first-order valence-electron chi connectivity index (χ1n) is 10.2. The Balaban J connectivity index is 2.69. The second-order valence-corrected chi connectivity index (χ2v) is 7.45. The molecule has 0 spiro atoms. The first kappa shape index (κ1) is 26.4. The van der Waals surface area contributed by atoms with Gasteiger partial charge in [0.05, 0.1) is 12.5 Å². The summed E-state index contributed by atoms with van der Waals surface area (Å²) in [7, 11) is 0. The van der Waals surface area contributed by atoms with E-state index in [9.17, 15) is 32.8 Å². The van der Waals surface area contributed by atoms with Gasteiger partial charge in [0.2, 0.25) is 24.1 Å². The maximum absolute atomic E-state index is 13.4. The molecule has 0 aromatic rings. The zero-order valence-electron chi connectivity index (χ0n) is 17.4. The predicted molar refractivity (Wildman–Crippen MR) is 105 cm³/mol. The highest BCUT2D eigenvalue weighted by atomic mass is 19.3. The highest BCUT2D eigenvalue weighted by molar-refractivity contribution is 5.94. The Morgan fingerprint density at radius 1 is 1.19 bits per heavy atom. The Hall–Kier alpha value is -2.63. The van der Waals surface area contributed by atoms with Crippen LogP contribution in [-0.4, -0.2) is 77.6 Å². The monoisotopic (exact) mass is 448 g/mol. The number of nitrogens with zero attached hydrogens (tertiary/aromatic N) is 1. The topological polar surface area (TPSA) is 159 Å². The minimum atomic E-state index is -3.16. The number of halogens is 2. The lowest BCUT2D eigenvalue weighted by Crippen LogP contribution is -2.48. The molecule has 10 nitrogen and oxygen atoms in total. The molecule has 0 radical (unpaired) electrons. The number of ketones is 1. The van der Waals surface area contributed by atoms with E-state index in [1.807, 2.05) is 0 Å². The normalized spacial score (nSPS) is 17.8. The van der Waals surface area contributed by atoms with Gasteiger partial charge in [0.1, 0.15) is 12.1 Å². The lowest BCUT2D eigenvalue weighted by atomic mass is 9.99. The van der Waals surface area contributed by atoms with Gasteiger partial charge in [0.25, 0.3) is 0 Å². The maximum atomic E-state index is 13.4. The number of carboxylic acid groups (broad SMARTS) is 1. The SMILES string of the molecule is CC(=O)NC(CCCCN)C(=O)NCC(=O)C(CC(=O)N1CCC[C@H]1C(=O)O)C(F)F. The zero-order chi connectivity index (χ0) is 23.6.